The highest BCUT2D eigenvalue weighted by atomic mass is 32.1. The van der Waals surface area contributed by atoms with Gasteiger partial charge in [0.25, 0.3) is 0 Å². The van der Waals surface area contributed by atoms with E-state index in [4.69, 9.17) is 0 Å². The zero-order valence-corrected chi connectivity index (χ0v) is 36.0. The molecule has 0 saturated carbocycles. The normalized spacial score (nSPS) is 12.3. The predicted octanol–water partition coefficient (Wildman–Crippen LogP) is 18.8. The summed E-state index contributed by atoms with van der Waals surface area (Å²) in [5.74, 6) is 0. The lowest BCUT2D eigenvalue weighted by molar-refractivity contribution is 1.67. The van der Waals surface area contributed by atoms with Crippen molar-refractivity contribution in [1.82, 2.24) is 0 Å². The van der Waals surface area contributed by atoms with Crippen LogP contribution in [0.3, 0.4) is 0 Å². The van der Waals surface area contributed by atoms with Crippen molar-refractivity contribution in [3.63, 3.8) is 0 Å². The average molecular weight is 837 g/mol. The number of rotatable bonds is 4. The van der Waals surface area contributed by atoms with E-state index in [0.29, 0.717) is 0 Å². The van der Waals surface area contributed by atoms with Crippen molar-refractivity contribution < 1.29 is 0 Å². The summed E-state index contributed by atoms with van der Waals surface area (Å²) in [6.45, 7) is 0. The molecule has 0 atom stereocenters. The molecule has 0 fully saturated rings. The second kappa shape index (κ2) is 13.2. The maximum atomic E-state index is 2.44. The van der Waals surface area contributed by atoms with Crippen molar-refractivity contribution in [3.05, 3.63) is 218 Å². The van der Waals surface area contributed by atoms with Gasteiger partial charge in [-0.05, 0) is 155 Å². The molecule has 0 aliphatic heterocycles. The third-order valence-electron chi connectivity index (χ3n) is 14.6. The quantitative estimate of drug-likeness (QED) is 0.155. The Morgan fingerprint density at radius 2 is 0.523 bits per heavy atom. The molecule has 1 aromatic heterocycles. The van der Waals surface area contributed by atoms with Crippen LogP contribution in [0, 0.1) is 0 Å². The molecule has 0 amide bonds. The van der Waals surface area contributed by atoms with Crippen LogP contribution >= 0.6 is 11.3 Å². The molecule has 0 spiro atoms. The second-order valence-corrected chi connectivity index (χ2v) is 19.0. The maximum Gasteiger partial charge on any atom is 0.0355 e. The third-order valence-corrected chi connectivity index (χ3v) is 15.7. The summed E-state index contributed by atoms with van der Waals surface area (Å²) in [5, 5.41) is 23.5. The minimum Gasteiger partial charge on any atom is -0.135 e. The zero-order chi connectivity index (χ0) is 42.3. The van der Waals surface area contributed by atoms with Gasteiger partial charge in [-0.3, -0.25) is 0 Å². The molecule has 65 heavy (non-hydrogen) atoms. The summed E-state index contributed by atoms with van der Waals surface area (Å²) in [7, 11) is 0. The lowest BCUT2D eigenvalue weighted by Gasteiger charge is -2.17. The van der Waals surface area contributed by atoms with E-state index in [2.05, 4.69) is 218 Å². The molecule has 15 rings (SSSR count). The SMILES string of the molecule is c1cc2ccc3ccc(-c4ccc(-c5ccc6sc7ccc(-c8ccc(-c9ccc%10ccc%11cccc%12ccc9c%10c%11%12)c9ccccc89)cc7c6c5)c5ccccc45)c4ccc(c1)c2c34. The largest absolute Gasteiger partial charge is 0.135 e. The number of hydrogen-bond donors (Lipinski definition) is 0. The van der Waals surface area contributed by atoms with Crippen molar-refractivity contribution in [1.29, 1.82) is 0 Å². The molecule has 0 radical (unpaired) electrons. The van der Waals surface area contributed by atoms with E-state index in [1.807, 2.05) is 11.3 Å². The first-order chi connectivity index (χ1) is 32.2. The summed E-state index contributed by atoms with van der Waals surface area (Å²) in [6.07, 6.45) is 0. The van der Waals surface area contributed by atoms with Gasteiger partial charge in [0.05, 0.1) is 0 Å². The van der Waals surface area contributed by atoms with Crippen LogP contribution in [0.4, 0.5) is 0 Å². The molecule has 0 nitrogen and oxygen atoms in total. The van der Waals surface area contributed by atoms with Gasteiger partial charge < -0.3 is 0 Å². The van der Waals surface area contributed by atoms with Gasteiger partial charge in [-0.2, -0.15) is 0 Å². The van der Waals surface area contributed by atoms with Gasteiger partial charge in [0.15, 0.2) is 0 Å². The third kappa shape index (κ3) is 5.02. The zero-order valence-electron chi connectivity index (χ0n) is 35.2. The van der Waals surface area contributed by atoms with Crippen molar-refractivity contribution in [2.75, 3.05) is 0 Å². The summed E-state index contributed by atoms with van der Waals surface area (Å²) in [5.41, 5.74) is 10.1. The van der Waals surface area contributed by atoms with Crippen LogP contribution < -0.4 is 0 Å². The molecule has 0 saturated heterocycles. The van der Waals surface area contributed by atoms with Gasteiger partial charge in [-0.1, -0.05) is 194 Å². The first kappa shape index (κ1) is 35.4. The summed E-state index contributed by atoms with van der Waals surface area (Å²) < 4.78 is 2.62. The van der Waals surface area contributed by atoms with E-state index in [-0.39, 0.29) is 0 Å². The highest BCUT2D eigenvalue weighted by molar-refractivity contribution is 7.25. The van der Waals surface area contributed by atoms with E-state index in [0.717, 1.165) is 0 Å². The Kier molecular flexibility index (Phi) is 7.19. The number of hydrogen-bond acceptors (Lipinski definition) is 1. The minimum absolute atomic E-state index is 1.24. The van der Waals surface area contributed by atoms with Gasteiger partial charge in [-0.15, -0.1) is 11.3 Å². The average Bonchev–Trinajstić information content (AvgIpc) is 3.74. The van der Waals surface area contributed by atoms with Crippen molar-refractivity contribution in [3.8, 4) is 44.5 Å². The van der Waals surface area contributed by atoms with E-state index in [9.17, 15) is 0 Å². The van der Waals surface area contributed by atoms with Crippen LogP contribution in [-0.2, 0) is 0 Å². The van der Waals surface area contributed by atoms with Crippen LogP contribution in [0.2, 0.25) is 0 Å². The Labute approximate surface area is 378 Å². The van der Waals surface area contributed by atoms with Crippen LogP contribution in [0.1, 0.15) is 0 Å². The first-order valence-electron chi connectivity index (χ1n) is 22.6. The standard InChI is InChI=1S/C64H36S/c1-3-13-49-47(11-1)45(29-31-51(49)53-25-19-41-17-15-37-7-5-9-39-21-27-55(53)63(41)61(37)39)43-23-33-59-57(35-43)58-36-44(24-34-60(58)65-59)46-30-32-52(50-14-4-2-12-48(46)50)54-26-20-42-18-16-38-8-6-10-40-22-28-56(54)64(42)62(38)40/h1-36H. The molecule has 14 aromatic carbocycles. The van der Waals surface area contributed by atoms with Crippen molar-refractivity contribution >= 4 is 118 Å². The Morgan fingerprint density at radius 3 is 0.954 bits per heavy atom. The maximum absolute atomic E-state index is 2.44. The lowest BCUT2D eigenvalue weighted by Crippen LogP contribution is -1.90. The molecule has 1 heterocycles. The van der Waals surface area contributed by atoms with E-state index < -0.39 is 0 Å². The van der Waals surface area contributed by atoms with Crippen molar-refractivity contribution in [2.45, 2.75) is 0 Å². The number of fused-ring (bicyclic) bond motifs is 5. The van der Waals surface area contributed by atoms with Gasteiger partial charge in [0.2, 0.25) is 0 Å². The highest BCUT2D eigenvalue weighted by Crippen LogP contribution is 2.47. The Hall–Kier alpha value is -8.10. The molecular weight excluding hydrogens is 801 g/mol. The highest BCUT2D eigenvalue weighted by Gasteiger charge is 2.19. The molecule has 298 valence electrons. The number of benzene rings is 14. The Balaban J connectivity index is 0.863. The molecule has 0 aliphatic carbocycles. The molecule has 15 aromatic rings. The molecule has 0 N–H and O–H groups in total. The number of thiophene rings is 1. The second-order valence-electron chi connectivity index (χ2n) is 17.9. The fourth-order valence-corrected chi connectivity index (χ4v) is 12.7. The van der Waals surface area contributed by atoms with Gasteiger partial charge in [-0.25, -0.2) is 0 Å². The first-order valence-corrected chi connectivity index (χ1v) is 23.4. The van der Waals surface area contributed by atoms with Crippen LogP contribution in [0.25, 0.3) is 151 Å². The molecular formula is C64H36S. The van der Waals surface area contributed by atoms with Crippen LogP contribution in [-0.4, -0.2) is 0 Å². The summed E-state index contributed by atoms with van der Waals surface area (Å²) in [4.78, 5) is 0. The van der Waals surface area contributed by atoms with Crippen LogP contribution in [0.15, 0.2) is 218 Å². The molecule has 1 heteroatoms. The fraction of sp³-hybridized carbons (Fsp3) is 0. The lowest BCUT2D eigenvalue weighted by atomic mass is 9.86. The molecule has 0 bridgehead atoms. The fourth-order valence-electron chi connectivity index (χ4n) is 11.6. The smallest absolute Gasteiger partial charge is 0.0355 e. The topological polar surface area (TPSA) is 0 Å². The summed E-state index contributed by atoms with van der Waals surface area (Å²) in [6, 6.07) is 82.4. The van der Waals surface area contributed by atoms with E-state index >= 15 is 0 Å². The minimum atomic E-state index is 1.24. The van der Waals surface area contributed by atoms with E-state index in [1.54, 1.807) is 0 Å². The van der Waals surface area contributed by atoms with E-state index in [1.165, 1.54) is 151 Å². The van der Waals surface area contributed by atoms with Gasteiger partial charge in [0, 0.05) is 20.2 Å². The monoisotopic (exact) mass is 836 g/mol. The molecule has 0 unspecified atom stereocenters. The van der Waals surface area contributed by atoms with Crippen LogP contribution in [0.5, 0.6) is 0 Å². The van der Waals surface area contributed by atoms with Gasteiger partial charge >= 0.3 is 0 Å². The Morgan fingerprint density at radius 1 is 0.200 bits per heavy atom. The summed E-state index contributed by atoms with van der Waals surface area (Å²) >= 11 is 1.88. The molecule has 0 aliphatic rings. The van der Waals surface area contributed by atoms with Gasteiger partial charge in [0.1, 0.15) is 0 Å². The predicted molar refractivity (Wildman–Crippen MR) is 283 cm³/mol. The van der Waals surface area contributed by atoms with Crippen molar-refractivity contribution in [2.24, 2.45) is 0 Å². The Bertz CT molecular complexity index is 4150.